The highest BCUT2D eigenvalue weighted by Crippen LogP contribution is 2.21. The van der Waals surface area contributed by atoms with Gasteiger partial charge in [0.15, 0.2) is 5.78 Å². The molecular weight excluding hydrogens is 204 g/mol. The second-order valence-electron chi connectivity index (χ2n) is 2.74. The Bertz CT molecular complexity index is 390. The van der Waals surface area contributed by atoms with Gasteiger partial charge in [0.25, 0.3) is 0 Å². The molecule has 0 radical (unpaired) electrons. The fourth-order valence-corrected chi connectivity index (χ4v) is 1.33. The third kappa shape index (κ3) is 2.47. The molecule has 0 saturated carbocycles. The van der Waals surface area contributed by atoms with E-state index in [1.165, 1.54) is 19.1 Å². The number of nitrogens with two attached hydrogens (primary N) is 1. The van der Waals surface area contributed by atoms with Crippen LogP contribution in [0.25, 0.3) is 0 Å². The topological polar surface area (TPSA) is 72.2 Å². The average Bonchev–Trinajstić information content (AvgIpc) is 2.01. The average molecular weight is 213 g/mol. The maximum absolute atomic E-state index is 11.0. The molecule has 0 aliphatic rings. The summed E-state index contributed by atoms with van der Waals surface area (Å²) in [7, 11) is 0. The minimum absolute atomic E-state index is 0.124. The fourth-order valence-electron chi connectivity index (χ4n) is 1.02. The molecule has 0 unspecified atom stereocenters. The Kier molecular flexibility index (Phi) is 3.09. The van der Waals surface area contributed by atoms with E-state index in [0.717, 1.165) is 0 Å². The highest BCUT2D eigenvalue weighted by atomic mass is 35.5. The number of amides is 2. The van der Waals surface area contributed by atoms with Crippen LogP contribution < -0.4 is 11.1 Å². The number of halogens is 1. The number of carbonyl (C=O) groups excluding carboxylic acids is 2. The van der Waals surface area contributed by atoms with Gasteiger partial charge in [-0.25, -0.2) is 4.79 Å². The number of nitrogens with one attached hydrogen (secondary N) is 1. The number of ketones is 1. The monoisotopic (exact) mass is 212 g/mol. The summed E-state index contributed by atoms with van der Waals surface area (Å²) < 4.78 is 0. The molecule has 0 saturated heterocycles. The van der Waals surface area contributed by atoms with Crippen LogP contribution >= 0.6 is 11.6 Å². The molecule has 4 nitrogen and oxygen atoms in total. The van der Waals surface area contributed by atoms with E-state index >= 15 is 0 Å². The van der Waals surface area contributed by atoms with Crippen molar-refractivity contribution in [2.75, 3.05) is 5.32 Å². The Morgan fingerprint density at radius 1 is 1.43 bits per heavy atom. The number of primary amides is 1. The lowest BCUT2D eigenvalue weighted by Crippen LogP contribution is -2.19. The van der Waals surface area contributed by atoms with Crippen LogP contribution in [0.1, 0.15) is 17.3 Å². The summed E-state index contributed by atoms with van der Waals surface area (Å²) in [6.07, 6.45) is 0. The van der Waals surface area contributed by atoms with Crippen LogP contribution in [0.15, 0.2) is 18.2 Å². The first kappa shape index (κ1) is 10.5. The van der Waals surface area contributed by atoms with Crippen LogP contribution in [0.2, 0.25) is 5.02 Å². The lowest BCUT2D eigenvalue weighted by Gasteiger charge is -2.04. The van der Waals surface area contributed by atoms with Crippen LogP contribution in [-0.4, -0.2) is 11.8 Å². The predicted octanol–water partition coefficient (Wildman–Crippen LogP) is 2.03. The lowest BCUT2D eigenvalue weighted by molar-refractivity contribution is 0.101. The molecule has 2 amide bonds. The zero-order valence-corrected chi connectivity index (χ0v) is 8.26. The largest absolute Gasteiger partial charge is 0.351 e. The van der Waals surface area contributed by atoms with Crippen LogP contribution in [0.5, 0.6) is 0 Å². The first-order valence-electron chi connectivity index (χ1n) is 3.87. The minimum Gasteiger partial charge on any atom is -0.351 e. The zero-order chi connectivity index (χ0) is 10.7. The number of benzene rings is 1. The predicted molar refractivity (Wildman–Crippen MR) is 54.7 cm³/mol. The Morgan fingerprint density at radius 3 is 2.50 bits per heavy atom. The molecular formula is C9H9ClN2O2. The first-order valence-corrected chi connectivity index (χ1v) is 4.25. The Labute approximate surface area is 86.0 Å². The molecule has 0 fully saturated rings. The molecule has 0 heterocycles. The number of hydrogen-bond acceptors (Lipinski definition) is 2. The molecule has 0 spiro atoms. The third-order valence-corrected chi connectivity index (χ3v) is 1.93. The molecule has 0 aromatic heterocycles. The molecule has 1 rings (SSSR count). The molecule has 0 aliphatic heterocycles. The zero-order valence-electron chi connectivity index (χ0n) is 7.50. The number of Topliss-reactive ketones (excluding diaryl/α,β-unsaturated/α-hetero) is 1. The van der Waals surface area contributed by atoms with Gasteiger partial charge >= 0.3 is 6.03 Å². The van der Waals surface area contributed by atoms with Crippen molar-refractivity contribution >= 4 is 29.1 Å². The van der Waals surface area contributed by atoms with Crippen LogP contribution in [-0.2, 0) is 0 Å². The van der Waals surface area contributed by atoms with Gasteiger partial charge in [0, 0.05) is 11.3 Å². The molecule has 74 valence electrons. The summed E-state index contributed by atoms with van der Waals surface area (Å²) in [6.45, 7) is 1.42. The minimum atomic E-state index is -0.670. The number of rotatable bonds is 2. The molecule has 14 heavy (non-hydrogen) atoms. The molecule has 0 bridgehead atoms. The van der Waals surface area contributed by atoms with Crippen LogP contribution in [0.3, 0.4) is 0 Å². The maximum atomic E-state index is 11.0. The van der Waals surface area contributed by atoms with Crippen molar-refractivity contribution in [2.24, 2.45) is 5.73 Å². The summed E-state index contributed by atoms with van der Waals surface area (Å²) in [5.41, 5.74) is 5.80. The highest BCUT2D eigenvalue weighted by Gasteiger charge is 2.06. The van der Waals surface area contributed by atoms with Gasteiger partial charge in [0.05, 0.1) is 5.02 Å². The Balaban J connectivity index is 3.00. The summed E-state index contributed by atoms with van der Waals surface area (Å²) in [6, 6.07) is 3.91. The van der Waals surface area contributed by atoms with Crippen LogP contribution in [0.4, 0.5) is 10.5 Å². The molecule has 5 heteroatoms. The van der Waals surface area contributed by atoms with E-state index in [0.29, 0.717) is 16.3 Å². The summed E-state index contributed by atoms with van der Waals surface area (Å²) in [5.74, 6) is -0.124. The molecule has 1 aromatic carbocycles. The number of anilines is 1. The van der Waals surface area contributed by atoms with E-state index in [-0.39, 0.29) is 5.78 Å². The van der Waals surface area contributed by atoms with E-state index in [4.69, 9.17) is 17.3 Å². The highest BCUT2D eigenvalue weighted by molar-refractivity contribution is 6.34. The SMILES string of the molecule is CC(=O)c1ccc(NC(N)=O)cc1Cl. The van der Waals surface area contributed by atoms with E-state index in [2.05, 4.69) is 5.32 Å². The Morgan fingerprint density at radius 2 is 2.07 bits per heavy atom. The van der Waals surface area contributed by atoms with E-state index in [9.17, 15) is 9.59 Å². The van der Waals surface area contributed by atoms with Gasteiger partial charge in [-0.2, -0.15) is 0 Å². The van der Waals surface area contributed by atoms with Gasteiger partial charge in [0.2, 0.25) is 0 Å². The smallest absolute Gasteiger partial charge is 0.316 e. The molecule has 0 atom stereocenters. The molecule has 0 aliphatic carbocycles. The van der Waals surface area contributed by atoms with Crippen molar-refractivity contribution < 1.29 is 9.59 Å². The van der Waals surface area contributed by atoms with Gasteiger partial charge in [0.1, 0.15) is 0 Å². The van der Waals surface area contributed by atoms with Gasteiger partial charge in [-0.15, -0.1) is 0 Å². The van der Waals surface area contributed by atoms with Crippen LogP contribution in [0, 0.1) is 0 Å². The normalized spacial score (nSPS) is 9.57. The van der Waals surface area contributed by atoms with Crippen molar-refractivity contribution in [2.45, 2.75) is 6.92 Å². The Hall–Kier alpha value is -1.55. The van der Waals surface area contributed by atoms with Crippen molar-refractivity contribution in [3.63, 3.8) is 0 Å². The third-order valence-electron chi connectivity index (χ3n) is 1.62. The van der Waals surface area contributed by atoms with Gasteiger partial charge in [-0.1, -0.05) is 11.6 Å². The summed E-state index contributed by atoms with van der Waals surface area (Å²) in [5, 5.41) is 2.65. The van der Waals surface area contributed by atoms with E-state index in [1.807, 2.05) is 0 Å². The van der Waals surface area contributed by atoms with Crippen molar-refractivity contribution in [3.05, 3.63) is 28.8 Å². The number of carbonyl (C=O) groups is 2. The van der Waals surface area contributed by atoms with Gasteiger partial charge in [-0.3, -0.25) is 4.79 Å². The van der Waals surface area contributed by atoms with E-state index < -0.39 is 6.03 Å². The number of urea groups is 1. The summed E-state index contributed by atoms with van der Waals surface area (Å²) in [4.78, 5) is 21.5. The number of hydrogen-bond donors (Lipinski definition) is 2. The standard InChI is InChI=1S/C9H9ClN2O2/c1-5(13)7-3-2-6(4-8(7)10)12-9(11)14/h2-4H,1H3,(H3,11,12,14). The van der Waals surface area contributed by atoms with Gasteiger partial charge in [-0.05, 0) is 25.1 Å². The van der Waals surface area contributed by atoms with Crippen molar-refractivity contribution in [1.82, 2.24) is 0 Å². The molecule has 3 N–H and O–H groups in total. The summed E-state index contributed by atoms with van der Waals surface area (Å²) >= 11 is 5.79. The fraction of sp³-hybridized carbons (Fsp3) is 0.111. The van der Waals surface area contributed by atoms with Gasteiger partial charge < -0.3 is 11.1 Å². The second kappa shape index (κ2) is 4.11. The second-order valence-corrected chi connectivity index (χ2v) is 3.15. The van der Waals surface area contributed by atoms with E-state index in [1.54, 1.807) is 6.07 Å². The van der Waals surface area contributed by atoms with Crippen molar-refractivity contribution in [3.8, 4) is 0 Å². The quantitative estimate of drug-likeness (QED) is 0.737. The molecule has 1 aromatic rings. The lowest BCUT2D eigenvalue weighted by atomic mass is 10.1. The maximum Gasteiger partial charge on any atom is 0.316 e. The van der Waals surface area contributed by atoms with Crippen molar-refractivity contribution in [1.29, 1.82) is 0 Å². The first-order chi connectivity index (χ1) is 6.50.